The average Bonchev–Trinajstić information content (AvgIpc) is 4.02. The zero-order valence-corrected chi connectivity index (χ0v) is 31.2. The van der Waals surface area contributed by atoms with Gasteiger partial charge in [0.05, 0.1) is 51.5 Å². The van der Waals surface area contributed by atoms with E-state index in [1.54, 1.807) is 25.2 Å². The number of amidine groups is 2. The first kappa shape index (κ1) is 35.1. The van der Waals surface area contributed by atoms with Crippen LogP contribution in [0.2, 0.25) is 0 Å². The van der Waals surface area contributed by atoms with Gasteiger partial charge in [0.2, 0.25) is 11.8 Å². The number of nitrogens with zero attached hydrogens (tertiary/aromatic N) is 4. The van der Waals surface area contributed by atoms with Crippen molar-refractivity contribution in [3.05, 3.63) is 47.5 Å². The predicted octanol–water partition coefficient (Wildman–Crippen LogP) is 4.00. The topological polar surface area (TPSA) is 166 Å². The Morgan fingerprint density at radius 2 is 1.40 bits per heavy atom. The first-order chi connectivity index (χ1) is 25.6. The number of likely N-dealkylation sites (tertiary alicyclic amines) is 2. The smallest absolute Gasteiger partial charge is 0.407 e. The number of piperidine rings is 1. The number of alkyl carbamates (subject to hydrolysis) is 2. The molecule has 4 N–H and O–H groups in total. The quantitative estimate of drug-likeness (QED) is 0.269. The number of carbonyl (C=O) groups is 4. The number of aliphatic imine (C=N–C) groups is 2. The van der Waals surface area contributed by atoms with E-state index in [2.05, 4.69) is 62.4 Å². The minimum Gasteiger partial charge on any atom is -0.453 e. The van der Waals surface area contributed by atoms with E-state index in [-0.39, 0.29) is 42.0 Å². The molecule has 1 aromatic heterocycles. The number of ether oxygens (including phenoxy) is 2. The number of benzene rings is 2. The third kappa shape index (κ3) is 6.42. The Kier molecular flexibility index (Phi) is 9.37. The van der Waals surface area contributed by atoms with Crippen LogP contribution in [0.4, 0.5) is 9.59 Å². The molecule has 1 aliphatic carbocycles. The van der Waals surface area contributed by atoms with Crippen LogP contribution in [0.5, 0.6) is 0 Å². The molecule has 2 bridgehead atoms. The van der Waals surface area contributed by atoms with Gasteiger partial charge in [0.25, 0.3) is 0 Å². The van der Waals surface area contributed by atoms with E-state index in [0.29, 0.717) is 25.6 Å². The van der Waals surface area contributed by atoms with Gasteiger partial charge in [-0.25, -0.2) is 9.59 Å². The predicted molar refractivity (Wildman–Crippen MR) is 202 cm³/mol. The highest BCUT2D eigenvalue weighted by Crippen LogP contribution is 2.44. The van der Waals surface area contributed by atoms with Gasteiger partial charge in [-0.15, -0.1) is 11.3 Å². The maximum Gasteiger partial charge on any atom is 0.407 e. The molecule has 0 spiro atoms. The summed E-state index contributed by atoms with van der Waals surface area (Å²) in [4.78, 5) is 63.8. The van der Waals surface area contributed by atoms with Crippen LogP contribution in [-0.2, 0) is 19.1 Å². The van der Waals surface area contributed by atoms with Crippen LogP contribution < -0.4 is 21.3 Å². The molecule has 53 heavy (non-hydrogen) atoms. The third-order valence-corrected chi connectivity index (χ3v) is 12.7. The molecule has 14 nitrogen and oxygen atoms in total. The average molecular weight is 743 g/mol. The van der Waals surface area contributed by atoms with Crippen molar-refractivity contribution in [2.24, 2.45) is 15.9 Å². The molecule has 15 heteroatoms. The minimum absolute atomic E-state index is 0.00753. The standard InChI is InChI=1S/C38H46N8O6S/c1-19(41-37(49)51-3)35(47)45-13-5-6-29(45)33-39-17-27(43-33)21-8-11-25-26-12-9-22(16-31(26)53-30(25)15-21)28-18-40-34(44-28)32-23-7-10-24(14-23)46(32)36(48)20(2)42-38(50)52-4/h8-9,11-12,15-16,19-20,23-24,27-29,32H,5-7,10,13-14,17-18H2,1-4H3,(H,39,43)(H,40,44)(H,41,49)(H,42,50)/t19-,20-,23-,24+,27?,28?,29-,32-/m0/s1. The number of thiophene rings is 1. The van der Waals surface area contributed by atoms with Gasteiger partial charge < -0.3 is 40.5 Å². The van der Waals surface area contributed by atoms with E-state index < -0.39 is 24.3 Å². The van der Waals surface area contributed by atoms with Gasteiger partial charge in [-0.2, -0.15) is 0 Å². The molecule has 3 fully saturated rings. The maximum atomic E-state index is 13.6. The number of carbonyl (C=O) groups excluding carboxylic acids is 4. The van der Waals surface area contributed by atoms with Gasteiger partial charge in [0, 0.05) is 32.8 Å². The fraction of sp³-hybridized carbons (Fsp3) is 0.526. The van der Waals surface area contributed by atoms with Crippen molar-refractivity contribution in [2.45, 2.75) is 88.2 Å². The van der Waals surface area contributed by atoms with E-state index in [4.69, 9.17) is 14.7 Å². The van der Waals surface area contributed by atoms with Gasteiger partial charge in [-0.1, -0.05) is 24.3 Å². The summed E-state index contributed by atoms with van der Waals surface area (Å²) < 4.78 is 11.8. The lowest BCUT2D eigenvalue weighted by Gasteiger charge is -2.37. The Morgan fingerprint density at radius 1 is 0.811 bits per heavy atom. The van der Waals surface area contributed by atoms with Crippen molar-refractivity contribution in [1.29, 1.82) is 0 Å². The molecule has 5 aliphatic rings. The highest BCUT2D eigenvalue weighted by Gasteiger charge is 2.52. The van der Waals surface area contributed by atoms with Gasteiger partial charge in [-0.3, -0.25) is 19.6 Å². The van der Waals surface area contributed by atoms with Gasteiger partial charge in [0.1, 0.15) is 23.8 Å². The van der Waals surface area contributed by atoms with Gasteiger partial charge in [-0.05, 0) is 75.1 Å². The number of rotatable bonds is 8. The van der Waals surface area contributed by atoms with Crippen molar-refractivity contribution >= 4 is 67.2 Å². The summed E-state index contributed by atoms with van der Waals surface area (Å²) in [5, 5.41) is 14.9. The molecule has 4 amide bonds. The molecular formula is C38H46N8O6S. The second-order valence-corrected chi connectivity index (χ2v) is 15.9. The lowest BCUT2D eigenvalue weighted by atomic mass is 9.96. The highest BCUT2D eigenvalue weighted by atomic mass is 32.1. The summed E-state index contributed by atoms with van der Waals surface area (Å²) in [6, 6.07) is 11.8. The van der Waals surface area contributed by atoms with Crippen LogP contribution in [0.15, 0.2) is 46.4 Å². The van der Waals surface area contributed by atoms with E-state index >= 15 is 0 Å². The molecule has 1 saturated carbocycles. The van der Waals surface area contributed by atoms with Crippen LogP contribution in [-0.4, -0.2) is 110 Å². The lowest BCUT2D eigenvalue weighted by molar-refractivity contribution is -0.136. The molecule has 0 radical (unpaired) electrons. The van der Waals surface area contributed by atoms with E-state index in [1.165, 1.54) is 34.4 Å². The third-order valence-electron chi connectivity index (χ3n) is 11.6. The lowest BCUT2D eigenvalue weighted by Crippen LogP contribution is -2.57. The van der Waals surface area contributed by atoms with Crippen LogP contribution in [0.1, 0.15) is 69.2 Å². The van der Waals surface area contributed by atoms with E-state index in [9.17, 15) is 19.2 Å². The first-order valence-electron chi connectivity index (χ1n) is 18.5. The largest absolute Gasteiger partial charge is 0.453 e. The molecule has 4 aliphatic heterocycles. The normalized spacial score (nSPS) is 27.2. The number of nitrogens with one attached hydrogen (secondary N) is 4. The minimum atomic E-state index is -0.689. The zero-order chi connectivity index (χ0) is 37.0. The molecule has 5 heterocycles. The molecule has 280 valence electrons. The second-order valence-electron chi connectivity index (χ2n) is 14.8. The number of fused-ring (bicyclic) bond motifs is 5. The fourth-order valence-corrected chi connectivity index (χ4v) is 10.2. The Labute approximate surface area is 311 Å². The van der Waals surface area contributed by atoms with Gasteiger partial charge >= 0.3 is 12.2 Å². The Morgan fingerprint density at radius 3 is 2.02 bits per heavy atom. The van der Waals surface area contributed by atoms with Crippen molar-refractivity contribution in [2.75, 3.05) is 33.9 Å². The first-order valence-corrected chi connectivity index (χ1v) is 19.3. The summed E-state index contributed by atoms with van der Waals surface area (Å²) in [6.45, 7) is 5.19. The van der Waals surface area contributed by atoms with Crippen LogP contribution in [0, 0.1) is 5.92 Å². The summed E-state index contributed by atoms with van der Waals surface area (Å²) in [7, 11) is 2.58. The Balaban J connectivity index is 0.938. The van der Waals surface area contributed by atoms with E-state index in [1.807, 2.05) is 9.80 Å². The zero-order valence-electron chi connectivity index (χ0n) is 30.4. The van der Waals surface area contributed by atoms with Crippen molar-refractivity contribution in [1.82, 2.24) is 31.1 Å². The van der Waals surface area contributed by atoms with E-state index in [0.717, 1.165) is 54.9 Å². The maximum absolute atomic E-state index is 13.6. The molecule has 8 atom stereocenters. The number of hydrogen-bond donors (Lipinski definition) is 4. The van der Waals surface area contributed by atoms with Crippen LogP contribution in [0.25, 0.3) is 20.2 Å². The molecule has 2 saturated heterocycles. The summed E-state index contributed by atoms with van der Waals surface area (Å²) in [6.07, 6.45) is 3.46. The monoisotopic (exact) mass is 742 g/mol. The molecule has 8 rings (SSSR count). The Hall–Kier alpha value is -4.92. The van der Waals surface area contributed by atoms with Crippen molar-refractivity contribution in [3.63, 3.8) is 0 Å². The molecule has 3 aromatic rings. The Bertz CT molecular complexity index is 2030. The van der Waals surface area contributed by atoms with Crippen LogP contribution >= 0.6 is 11.3 Å². The second kappa shape index (κ2) is 14.1. The van der Waals surface area contributed by atoms with Gasteiger partial charge in [0.15, 0.2) is 0 Å². The summed E-state index contributed by atoms with van der Waals surface area (Å²) in [5.41, 5.74) is 2.31. The molecule has 2 unspecified atom stereocenters. The van der Waals surface area contributed by atoms with Crippen LogP contribution in [0.3, 0.4) is 0 Å². The molecular weight excluding hydrogens is 697 g/mol. The SMILES string of the molecule is COC(=O)N[C@@H](C)C(=O)N1CCC[C@H]1C1=NCC(c2ccc3c(c2)sc2cc(C4CN=C([C@@H]5[C@H]6CC[C@H](C6)N5C(=O)[C@H](C)NC(=O)OC)N4)ccc23)N1. The fourth-order valence-electron chi connectivity index (χ4n) is 8.96. The van der Waals surface area contributed by atoms with Crippen molar-refractivity contribution in [3.8, 4) is 0 Å². The summed E-state index contributed by atoms with van der Waals surface area (Å²) in [5.74, 6) is 1.80. The molecule has 2 aromatic carbocycles. The number of amides is 4. The highest BCUT2D eigenvalue weighted by molar-refractivity contribution is 7.25. The van der Waals surface area contributed by atoms with Crippen molar-refractivity contribution < 1.29 is 28.7 Å². The number of methoxy groups -OCH3 is 2. The summed E-state index contributed by atoms with van der Waals surface area (Å²) >= 11 is 1.77. The number of hydrogen-bond acceptors (Lipinski definition) is 11.